The van der Waals surface area contributed by atoms with Crippen LogP contribution in [0.1, 0.15) is 0 Å². The van der Waals surface area contributed by atoms with E-state index in [1.807, 2.05) is 24.3 Å². The van der Waals surface area contributed by atoms with Gasteiger partial charge < -0.3 is 11.1 Å². The average molecular weight is 370 g/mol. The third-order valence-corrected chi connectivity index (χ3v) is 5.29. The molecular weight excluding hydrogens is 354 g/mol. The number of nitrogens with zero attached hydrogens (tertiary/aromatic N) is 1. The smallest absolute Gasteiger partial charge is 0.244 e. The molecule has 0 aliphatic heterocycles. The molecule has 0 fully saturated rings. The Kier molecular flexibility index (Phi) is 4.55. The lowest BCUT2D eigenvalue weighted by molar-refractivity contribution is 0.521. The van der Waals surface area contributed by atoms with Crippen LogP contribution in [-0.2, 0) is 10.0 Å². The van der Waals surface area contributed by atoms with E-state index in [0.29, 0.717) is 5.69 Å². The molecule has 0 unspecified atom stereocenters. The number of hydrogen-bond donors (Lipinski definition) is 2. The number of halogens is 1. The second-order valence-corrected chi connectivity index (χ2v) is 7.68. The van der Waals surface area contributed by atoms with Crippen LogP contribution in [0.4, 0.5) is 17.1 Å². The van der Waals surface area contributed by atoms with Gasteiger partial charge in [0.2, 0.25) is 10.0 Å². The van der Waals surface area contributed by atoms with Gasteiger partial charge in [-0.1, -0.05) is 28.1 Å². The van der Waals surface area contributed by atoms with Gasteiger partial charge in [-0.05, 0) is 30.3 Å². The van der Waals surface area contributed by atoms with Crippen LogP contribution in [0.5, 0.6) is 0 Å². The van der Waals surface area contributed by atoms with Gasteiger partial charge in [-0.2, -0.15) is 0 Å². The molecule has 0 aliphatic rings. The van der Waals surface area contributed by atoms with E-state index in [1.165, 1.54) is 20.2 Å². The highest BCUT2D eigenvalue weighted by molar-refractivity contribution is 9.10. The molecule has 0 aliphatic carbocycles. The Bertz CT molecular complexity index is 761. The molecule has 2 aromatic carbocycles. The first kappa shape index (κ1) is 15.8. The van der Waals surface area contributed by atoms with Crippen LogP contribution in [-0.4, -0.2) is 26.8 Å². The van der Waals surface area contributed by atoms with Crippen LogP contribution in [0.3, 0.4) is 0 Å². The number of hydrogen-bond acceptors (Lipinski definition) is 4. The fraction of sp³-hybridized carbons (Fsp3) is 0.143. The number of sulfonamides is 1. The zero-order valence-corrected chi connectivity index (χ0v) is 14.1. The molecule has 7 heteroatoms. The van der Waals surface area contributed by atoms with Crippen molar-refractivity contribution in [3.8, 4) is 0 Å². The Labute approximate surface area is 132 Å². The molecule has 3 N–H and O–H groups in total. The molecule has 0 radical (unpaired) electrons. The van der Waals surface area contributed by atoms with Gasteiger partial charge in [-0.25, -0.2) is 12.7 Å². The molecule has 0 atom stereocenters. The van der Waals surface area contributed by atoms with Gasteiger partial charge in [0.1, 0.15) is 4.90 Å². The predicted octanol–water partition coefficient (Wildman–Crippen LogP) is 3.03. The number of benzene rings is 2. The third-order valence-electron chi connectivity index (χ3n) is 2.93. The normalized spacial score (nSPS) is 11.6. The molecule has 0 aromatic heterocycles. The van der Waals surface area contributed by atoms with E-state index in [9.17, 15) is 8.42 Å². The lowest BCUT2D eigenvalue weighted by Gasteiger charge is -2.16. The van der Waals surface area contributed by atoms with Crippen molar-refractivity contribution >= 4 is 43.0 Å². The van der Waals surface area contributed by atoms with Crippen LogP contribution in [0.2, 0.25) is 0 Å². The first-order valence-corrected chi connectivity index (χ1v) is 8.39. The second-order valence-electron chi connectivity index (χ2n) is 4.64. The van der Waals surface area contributed by atoms with E-state index in [2.05, 4.69) is 21.2 Å². The highest BCUT2D eigenvalue weighted by Crippen LogP contribution is 2.31. The summed E-state index contributed by atoms with van der Waals surface area (Å²) in [6, 6.07) is 12.4. The van der Waals surface area contributed by atoms with Gasteiger partial charge >= 0.3 is 0 Å². The molecular formula is C14H16BrN3O2S. The standard InChI is InChI=1S/C14H16BrN3O2S/c1-18(2)21(19,20)13-8-4-7-12(14(13)16)17-11-6-3-5-10(15)9-11/h3-9,17H,16H2,1-2H3. The minimum absolute atomic E-state index is 0.0903. The Balaban J connectivity index is 2.44. The molecule has 0 heterocycles. The van der Waals surface area contributed by atoms with E-state index >= 15 is 0 Å². The quantitative estimate of drug-likeness (QED) is 0.812. The fourth-order valence-corrected chi connectivity index (χ4v) is 3.23. The van der Waals surface area contributed by atoms with Crippen molar-refractivity contribution < 1.29 is 8.42 Å². The van der Waals surface area contributed by atoms with Gasteiger partial charge in [-0.15, -0.1) is 0 Å². The maximum Gasteiger partial charge on any atom is 0.244 e. The maximum atomic E-state index is 12.2. The molecule has 2 aromatic rings. The van der Waals surface area contributed by atoms with E-state index in [0.717, 1.165) is 14.5 Å². The summed E-state index contributed by atoms with van der Waals surface area (Å²) in [5.41, 5.74) is 7.58. The summed E-state index contributed by atoms with van der Waals surface area (Å²) >= 11 is 3.39. The SMILES string of the molecule is CN(C)S(=O)(=O)c1cccc(Nc2cccc(Br)c2)c1N. The molecule has 0 amide bonds. The van der Waals surface area contributed by atoms with Crippen LogP contribution in [0.25, 0.3) is 0 Å². The number of rotatable bonds is 4. The first-order valence-electron chi connectivity index (χ1n) is 6.16. The Hall–Kier alpha value is -1.57. The fourth-order valence-electron chi connectivity index (χ4n) is 1.80. The molecule has 2 rings (SSSR count). The van der Waals surface area contributed by atoms with E-state index in [-0.39, 0.29) is 10.6 Å². The van der Waals surface area contributed by atoms with Gasteiger partial charge in [0.15, 0.2) is 0 Å². The van der Waals surface area contributed by atoms with Crippen molar-refractivity contribution in [2.45, 2.75) is 4.90 Å². The van der Waals surface area contributed by atoms with Crippen molar-refractivity contribution in [2.75, 3.05) is 25.1 Å². The van der Waals surface area contributed by atoms with Crippen LogP contribution in [0, 0.1) is 0 Å². The molecule has 0 saturated heterocycles. The number of anilines is 3. The molecule has 5 nitrogen and oxygen atoms in total. The Morgan fingerprint density at radius 3 is 2.43 bits per heavy atom. The molecule has 112 valence electrons. The van der Waals surface area contributed by atoms with Crippen LogP contribution >= 0.6 is 15.9 Å². The van der Waals surface area contributed by atoms with Gasteiger partial charge in [0.25, 0.3) is 0 Å². The number of nitrogens with one attached hydrogen (secondary N) is 1. The van der Waals surface area contributed by atoms with Crippen LogP contribution < -0.4 is 11.1 Å². The maximum absolute atomic E-state index is 12.2. The minimum atomic E-state index is -3.57. The number of nitrogen functional groups attached to an aromatic ring is 1. The predicted molar refractivity (Wildman–Crippen MR) is 89.2 cm³/mol. The van der Waals surface area contributed by atoms with E-state index in [4.69, 9.17) is 5.73 Å². The zero-order valence-electron chi connectivity index (χ0n) is 11.7. The van der Waals surface area contributed by atoms with E-state index in [1.54, 1.807) is 12.1 Å². The minimum Gasteiger partial charge on any atom is -0.396 e. The van der Waals surface area contributed by atoms with Gasteiger partial charge in [-0.3, -0.25) is 0 Å². The summed E-state index contributed by atoms with van der Waals surface area (Å²) in [5, 5.41) is 3.13. The largest absolute Gasteiger partial charge is 0.396 e. The lowest BCUT2D eigenvalue weighted by atomic mass is 10.2. The highest BCUT2D eigenvalue weighted by atomic mass is 79.9. The summed E-state index contributed by atoms with van der Waals surface area (Å²) in [6.07, 6.45) is 0. The van der Waals surface area contributed by atoms with Crippen molar-refractivity contribution in [1.82, 2.24) is 4.31 Å². The second kappa shape index (κ2) is 6.05. The first-order chi connectivity index (χ1) is 9.82. The van der Waals surface area contributed by atoms with E-state index < -0.39 is 10.0 Å². The summed E-state index contributed by atoms with van der Waals surface area (Å²) in [7, 11) is -0.621. The summed E-state index contributed by atoms with van der Waals surface area (Å²) < 4.78 is 26.5. The van der Waals surface area contributed by atoms with Crippen molar-refractivity contribution in [2.24, 2.45) is 0 Å². The molecule has 0 bridgehead atoms. The molecule has 21 heavy (non-hydrogen) atoms. The zero-order chi connectivity index (χ0) is 15.6. The monoisotopic (exact) mass is 369 g/mol. The Morgan fingerprint density at radius 1 is 1.14 bits per heavy atom. The Morgan fingerprint density at radius 2 is 1.81 bits per heavy atom. The van der Waals surface area contributed by atoms with Gasteiger partial charge in [0.05, 0.1) is 11.4 Å². The van der Waals surface area contributed by atoms with Crippen molar-refractivity contribution in [3.05, 3.63) is 46.9 Å². The number of nitrogens with two attached hydrogens (primary N) is 1. The van der Waals surface area contributed by atoms with Crippen molar-refractivity contribution in [3.63, 3.8) is 0 Å². The van der Waals surface area contributed by atoms with Crippen molar-refractivity contribution in [1.29, 1.82) is 0 Å². The van der Waals surface area contributed by atoms with Gasteiger partial charge in [0, 0.05) is 24.3 Å². The van der Waals surface area contributed by atoms with Crippen LogP contribution in [0.15, 0.2) is 51.8 Å². The highest BCUT2D eigenvalue weighted by Gasteiger charge is 2.21. The lowest BCUT2D eigenvalue weighted by Crippen LogP contribution is -2.23. The summed E-state index contributed by atoms with van der Waals surface area (Å²) in [4.78, 5) is 0.0903. The average Bonchev–Trinajstić information content (AvgIpc) is 2.41. The third kappa shape index (κ3) is 3.37. The number of para-hydroxylation sites is 1. The molecule has 0 spiro atoms. The topological polar surface area (TPSA) is 75.4 Å². The molecule has 0 saturated carbocycles. The summed E-state index contributed by atoms with van der Waals surface area (Å²) in [6.45, 7) is 0. The summed E-state index contributed by atoms with van der Waals surface area (Å²) in [5.74, 6) is 0.